The van der Waals surface area contributed by atoms with E-state index in [1.165, 1.54) is 16.8 Å². The van der Waals surface area contributed by atoms with E-state index in [-0.39, 0.29) is 5.91 Å². The van der Waals surface area contributed by atoms with E-state index in [9.17, 15) is 4.79 Å². The van der Waals surface area contributed by atoms with Crippen LogP contribution >= 0.6 is 11.8 Å². The van der Waals surface area contributed by atoms with E-state index < -0.39 is 0 Å². The number of hydrogen-bond donors (Lipinski definition) is 0. The maximum absolute atomic E-state index is 10.9. The first-order valence-electron chi connectivity index (χ1n) is 3.10. The maximum atomic E-state index is 10.9. The zero-order valence-corrected chi connectivity index (χ0v) is 7.40. The number of thioether (sulfide) groups is 1. The molecule has 0 saturated carbocycles. The van der Waals surface area contributed by atoms with Crippen LogP contribution in [0, 0.1) is 0 Å². The summed E-state index contributed by atoms with van der Waals surface area (Å²) >= 11 is 1.49. The van der Waals surface area contributed by atoms with Gasteiger partial charge in [0.1, 0.15) is 0 Å². The number of nitrogens with zero attached hydrogens (tertiary/aromatic N) is 1. The molecular formula is C6H13NO2S. The number of amides is 1. The summed E-state index contributed by atoms with van der Waals surface area (Å²) in [5, 5.41) is 1.27. The first kappa shape index (κ1) is 9.78. The number of rotatable bonds is 4. The van der Waals surface area contributed by atoms with E-state index in [0.29, 0.717) is 12.4 Å². The van der Waals surface area contributed by atoms with Crippen molar-refractivity contribution in [2.24, 2.45) is 0 Å². The third kappa shape index (κ3) is 3.74. The molecule has 0 heterocycles. The fourth-order valence-electron chi connectivity index (χ4n) is 0.480. The lowest BCUT2D eigenvalue weighted by Crippen LogP contribution is -2.28. The second-order valence-electron chi connectivity index (χ2n) is 1.74. The van der Waals surface area contributed by atoms with Gasteiger partial charge in [-0.1, -0.05) is 0 Å². The monoisotopic (exact) mass is 163 g/mol. The topological polar surface area (TPSA) is 29.5 Å². The van der Waals surface area contributed by atoms with Crippen molar-refractivity contribution in [3.8, 4) is 0 Å². The number of hydroxylamine groups is 2. The molecule has 10 heavy (non-hydrogen) atoms. The molecule has 0 fully saturated rings. The summed E-state index contributed by atoms with van der Waals surface area (Å²) < 4.78 is 0. The summed E-state index contributed by atoms with van der Waals surface area (Å²) in [7, 11) is 1.63. The number of carbonyl (C=O) groups is 1. The first-order chi connectivity index (χ1) is 4.72. The molecule has 0 unspecified atom stereocenters. The van der Waals surface area contributed by atoms with E-state index in [4.69, 9.17) is 4.84 Å². The second-order valence-corrected chi connectivity index (χ2v) is 2.61. The zero-order valence-electron chi connectivity index (χ0n) is 6.59. The van der Waals surface area contributed by atoms with Gasteiger partial charge in [-0.25, -0.2) is 5.06 Å². The lowest BCUT2D eigenvalue weighted by atomic mass is 10.7. The van der Waals surface area contributed by atoms with Crippen LogP contribution in [0.15, 0.2) is 0 Å². The van der Waals surface area contributed by atoms with Crippen LogP contribution in [0.5, 0.6) is 0 Å². The predicted molar refractivity (Wildman–Crippen MR) is 42.8 cm³/mol. The summed E-state index contributed by atoms with van der Waals surface area (Å²) in [6, 6.07) is 0. The average Bonchev–Trinajstić information content (AvgIpc) is 1.89. The van der Waals surface area contributed by atoms with Gasteiger partial charge in [-0.05, 0) is 13.2 Å². The smallest absolute Gasteiger partial charge is 0.255 e. The van der Waals surface area contributed by atoms with Crippen LogP contribution in [0.1, 0.15) is 6.92 Å². The minimum atomic E-state index is 0.00866. The highest BCUT2D eigenvalue weighted by molar-refractivity contribution is 7.99. The summed E-state index contributed by atoms with van der Waals surface area (Å²) in [4.78, 5) is 15.8. The van der Waals surface area contributed by atoms with Crippen molar-refractivity contribution < 1.29 is 9.63 Å². The molecule has 0 atom stereocenters. The average molecular weight is 163 g/mol. The van der Waals surface area contributed by atoms with Crippen LogP contribution in [0.2, 0.25) is 0 Å². The molecule has 0 aliphatic carbocycles. The molecule has 0 saturated heterocycles. The highest BCUT2D eigenvalue weighted by Gasteiger charge is 2.05. The molecule has 0 N–H and O–H groups in total. The quantitative estimate of drug-likeness (QED) is 0.573. The standard InChI is InChI=1S/C6H13NO2S/c1-4-9-7(2)6(8)5-10-3/h4-5H2,1-3H3. The van der Waals surface area contributed by atoms with E-state index in [0.717, 1.165) is 0 Å². The normalized spacial score (nSPS) is 9.50. The van der Waals surface area contributed by atoms with Gasteiger partial charge in [0.05, 0.1) is 12.4 Å². The number of hydrogen-bond acceptors (Lipinski definition) is 3. The Hall–Kier alpha value is -0.220. The molecule has 0 aromatic carbocycles. The largest absolute Gasteiger partial charge is 0.272 e. The van der Waals surface area contributed by atoms with Gasteiger partial charge < -0.3 is 0 Å². The van der Waals surface area contributed by atoms with Crippen LogP contribution in [-0.4, -0.2) is 36.6 Å². The van der Waals surface area contributed by atoms with E-state index in [1.807, 2.05) is 13.2 Å². The van der Waals surface area contributed by atoms with E-state index >= 15 is 0 Å². The zero-order chi connectivity index (χ0) is 7.98. The van der Waals surface area contributed by atoms with Crippen LogP contribution in [0.25, 0.3) is 0 Å². The Morgan fingerprint density at radius 2 is 2.30 bits per heavy atom. The molecule has 0 aromatic rings. The molecule has 60 valence electrons. The van der Waals surface area contributed by atoms with Crippen LogP contribution in [-0.2, 0) is 9.63 Å². The second kappa shape index (κ2) is 5.56. The van der Waals surface area contributed by atoms with Gasteiger partial charge in [-0.2, -0.15) is 11.8 Å². The lowest BCUT2D eigenvalue weighted by molar-refractivity contribution is -0.173. The van der Waals surface area contributed by atoms with Crippen molar-refractivity contribution in [2.75, 3.05) is 25.7 Å². The Balaban J connectivity index is 3.49. The molecule has 0 aromatic heterocycles. The van der Waals surface area contributed by atoms with Crippen molar-refractivity contribution in [2.45, 2.75) is 6.92 Å². The summed E-state index contributed by atoms with van der Waals surface area (Å²) in [6.07, 6.45) is 1.89. The van der Waals surface area contributed by atoms with Crippen molar-refractivity contribution in [1.29, 1.82) is 0 Å². The Morgan fingerprint density at radius 3 is 2.70 bits per heavy atom. The summed E-state index contributed by atoms with van der Waals surface area (Å²) in [6.45, 7) is 2.39. The van der Waals surface area contributed by atoms with Gasteiger partial charge >= 0.3 is 0 Å². The third-order valence-corrected chi connectivity index (χ3v) is 1.48. The summed E-state index contributed by atoms with van der Waals surface area (Å²) in [5.74, 6) is 0.491. The Labute approximate surface area is 65.7 Å². The molecule has 0 aliphatic heterocycles. The SMILES string of the molecule is CCON(C)C(=O)CSC. The van der Waals surface area contributed by atoms with Crippen molar-refractivity contribution >= 4 is 17.7 Å². The highest BCUT2D eigenvalue weighted by Crippen LogP contribution is 1.95. The minimum absolute atomic E-state index is 0.00866. The first-order valence-corrected chi connectivity index (χ1v) is 4.50. The Morgan fingerprint density at radius 1 is 1.70 bits per heavy atom. The van der Waals surface area contributed by atoms with Gasteiger partial charge in [0, 0.05) is 7.05 Å². The van der Waals surface area contributed by atoms with Gasteiger partial charge in [-0.3, -0.25) is 9.63 Å². The predicted octanol–water partition coefficient (Wildman–Crippen LogP) is 0.759. The van der Waals surface area contributed by atoms with E-state index in [1.54, 1.807) is 7.05 Å². The minimum Gasteiger partial charge on any atom is -0.272 e. The third-order valence-electron chi connectivity index (χ3n) is 0.942. The molecule has 0 aliphatic rings. The highest BCUT2D eigenvalue weighted by atomic mass is 32.2. The van der Waals surface area contributed by atoms with Gasteiger partial charge in [-0.15, -0.1) is 0 Å². The maximum Gasteiger partial charge on any atom is 0.255 e. The molecule has 3 nitrogen and oxygen atoms in total. The van der Waals surface area contributed by atoms with Crippen LogP contribution in [0.4, 0.5) is 0 Å². The molecule has 0 radical (unpaired) electrons. The molecule has 0 bridgehead atoms. The molecular weight excluding hydrogens is 150 g/mol. The van der Waals surface area contributed by atoms with Gasteiger partial charge in [0.2, 0.25) is 0 Å². The Kier molecular flexibility index (Phi) is 5.43. The molecule has 0 rings (SSSR count). The molecule has 1 amide bonds. The van der Waals surface area contributed by atoms with Crippen LogP contribution in [0.3, 0.4) is 0 Å². The van der Waals surface area contributed by atoms with Crippen molar-refractivity contribution in [3.63, 3.8) is 0 Å². The van der Waals surface area contributed by atoms with Gasteiger partial charge in [0.25, 0.3) is 5.91 Å². The fourth-order valence-corrected chi connectivity index (χ4v) is 0.909. The molecule has 4 heteroatoms. The fraction of sp³-hybridized carbons (Fsp3) is 0.833. The van der Waals surface area contributed by atoms with Gasteiger partial charge in [0.15, 0.2) is 0 Å². The van der Waals surface area contributed by atoms with Crippen LogP contribution < -0.4 is 0 Å². The summed E-state index contributed by atoms with van der Waals surface area (Å²) in [5.41, 5.74) is 0. The van der Waals surface area contributed by atoms with Crippen molar-refractivity contribution in [1.82, 2.24) is 5.06 Å². The van der Waals surface area contributed by atoms with E-state index in [2.05, 4.69) is 0 Å². The van der Waals surface area contributed by atoms with Crippen molar-refractivity contribution in [3.05, 3.63) is 0 Å². The Bertz CT molecular complexity index is 108. The lowest BCUT2D eigenvalue weighted by Gasteiger charge is -2.14. The molecule has 0 spiro atoms. The number of carbonyl (C=O) groups excluding carboxylic acids is 1.